The summed E-state index contributed by atoms with van der Waals surface area (Å²) in [7, 11) is 0. The summed E-state index contributed by atoms with van der Waals surface area (Å²) in [5, 5.41) is 1.68. The highest BCUT2D eigenvalue weighted by Crippen LogP contribution is 2.59. The molecule has 8 nitrogen and oxygen atoms in total. The fourth-order valence-electron chi connectivity index (χ4n) is 6.87. The number of allylic oxidation sites excluding steroid dienone is 2. The van der Waals surface area contributed by atoms with E-state index in [-0.39, 0.29) is 33.9 Å². The second kappa shape index (κ2) is 8.19. The molecule has 9 rings (SSSR count). The van der Waals surface area contributed by atoms with E-state index in [1.54, 1.807) is 12.1 Å². The summed E-state index contributed by atoms with van der Waals surface area (Å²) < 4.78 is 1.64. The van der Waals surface area contributed by atoms with Crippen LogP contribution in [0.15, 0.2) is 36.4 Å². The number of benzene rings is 2. The van der Waals surface area contributed by atoms with Gasteiger partial charge >= 0.3 is 0 Å². The lowest BCUT2D eigenvalue weighted by atomic mass is 9.54. The zero-order chi connectivity index (χ0) is 27.8. The van der Waals surface area contributed by atoms with Crippen LogP contribution in [-0.4, -0.2) is 33.6 Å². The Balaban J connectivity index is 1.17. The highest BCUT2D eigenvalue weighted by molar-refractivity contribution is 7.23. The van der Waals surface area contributed by atoms with E-state index < -0.39 is 35.5 Å². The lowest BCUT2D eigenvalue weighted by molar-refractivity contribution is -0.137. The van der Waals surface area contributed by atoms with E-state index in [2.05, 4.69) is 9.97 Å². The van der Waals surface area contributed by atoms with Crippen LogP contribution in [0.3, 0.4) is 0 Å². The normalized spacial score (nSPS) is 29.0. The van der Waals surface area contributed by atoms with Crippen LogP contribution < -0.4 is 9.80 Å². The van der Waals surface area contributed by atoms with Crippen LogP contribution in [-0.2, 0) is 19.2 Å². The minimum Gasteiger partial charge on any atom is -0.274 e. The second-order valence-electron chi connectivity index (χ2n) is 10.8. The lowest BCUT2D eigenvalue weighted by Gasteiger charge is -2.44. The first kappa shape index (κ1) is 24.6. The van der Waals surface area contributed by atoms with Crippen LogP contribution in [0.2, 0.25) is 10.0 Å². The number of amides is 4. The molecule has 2 aliphatic heterocycles. The van der Waals surface area contributed by atoms with Gasteiger partial charge in [-0.3, -0.25) is 19.2 Å². The summed E-state index contributed by atoms with van der Waals surface area (Å²) in [6.07, 6.45) is 3.69. The second-order valence-corrected chi connectivity index (χ2v) is 13.6. The van der Waals surface area contributed by atoms with Crippen molar-refractivity contribution in [2.24, 2.45) is 35.5 Å². The third-order valence-corrected chi connectivity index (χ3v) is 11.5. The molecule has 2 aromatic carbocycles. The van der Waals surface area contributed by atoms with Crippen molar-refractivity contribution < 1.29 is 19.2 Å². The quantitative estimate of drug-likeness (QED) is 0.218. The predicted octanol–water partition coefficient (Wildman–Crippen LogP) is 5.56. The fourth-order valence-corrected chi connectivity index (χ4v) is 9.30. The van der Waals surface area contributed by atoms with Crippen molar-refractivity contribution in [3.05, 3.63) is 57.6 Å². The molecule has 200 valence electrons. The maximum atomic E-state index is 13.8. The average molecular weight is 610 g/mol. The zero-order valence-electron chi connectivity index (χ0n) is 20.9. The number of thiazole rings is 2. The molecule has 0 N–H and O–H groups in total. The summed E-state index contributed by atoms with van der Waals surface area (Å²) in [6, 6.07) is 7.22. The topological polar surface area (TPSA) is 101 Å². The smallest absolute Gasteiger partial charge is 0.240 e. The van der Waals surface area contributed by atoms with E-state index >= 15 is 0 Å². The van der Waals surface area contributed by atoms with Gasteiger partial charge in [-0.25, -0.2) is 19.8 Å². The Morgan fingerprint density at radius 1 is 0.625 bits per heavy atom. The first-order valence-electron chi connectivity index (χ1n) is 12.7. The Morgan fingerprint density at radius 2 is 0.975 bits per heavy atom. The van der Waals surface area contributed by atoms with E-state index in [9.17, 15) is 19.2 Å². The molecule has 6 atom stereocenters. The number of hydrogen-bond donors (Lipinski definition) is 0. The Kier molecular flexibility index (Phi) is 5.04. The van der Waals surface area contributed by atoms with Gasteiger partial charge in [-0.15, -0.1) is 0 Å². The van der Waals surface area contributed by atoms with Crippen molar-refractivity contribution in [2.45, 2.75) is 13.8 Å². The number of anilines is 2. The van der Waals surface area contributed by atoms with Gasteiger partial charge in [-0.05, 0) is 49.2 Å². The van der Waals surface area contributed by atoms with Gasteiger partial charge in [-0.2, -0.15) is 0 Å². The molecule has 2 bridgehead atoms. The molecule has 2 unspecified atom stereocenters. The third-order valence-electron chi connectivity index (χ3n) is 8.71. The number of carbonyl (C=O) groups is 4. The molecular formula is C28H18Cl2N4O4S2. The molecule has 3 aliphatic carbocycles. The fraction of sp³-hybridized carbons (Fsp3) is 0.286. The molecule has 40 heavy (non-hydrogen) atoms. The van der Waals surface area contributed by atoms with Gasteiger partial charge in [0.25, 0.3) is 0 Å². The molecule has 2 saturated heterocycles. The Bertz CT molecular complexity index is 1660. The number of rotatable bonds is 2. The number of halogens is 2. The van der Waals surface area contributed by atoms with E-state index in [1.165, 1.54) is 22.7 Å². The van der Waals surface area contributed by atoms with Crippen molar-refractivity contribution in [3.63, 3.8) is 0 Å². The summed E-state index contributed by atoms with van der Waals surface area (Å²) in [4.78, 5) is 66.8. The molecule has 4 amide bonds. The Labute approximate surface area is 245 Å². The van der Waals surface area contributed by atoms with E-state index in [0.29, 0.717) is 21.1 Å². The van der Waals surface area contributed by atoms with E-state index in [1.807, 2.05) is 38.1 Å². The minimum absolute atomic E-state index is 0.285. The molecular weight excluding hydrogens is 591 g/mol. The molecule has 1 saturated carbocycles. The van der Waals surface area contributed by atoms with Gasteiger partial charge < -0.3 is 0 Å². The molecule has 4 aromatic rings. The summed E-state index contributed by atoms with van der Waals surface area (Å²) in [6.45, 7) is 3.76. The molecule has 0 spiro atoms. The van der Waals surface area contributed by atoms with Gasteiger partial charge in [0.2, 0.25) is 23.6 Å². The molecule has 5 aliphatic rings. The predicted molar refractivity (Wildman–Crippen MR) is 154 cm³/mol. The number of fused-ring (bicyclic) bond motifs is 2. The number of carbonyl (C=O) groups excluding carboxylic acids is 4. The summed E-state index contributed by atoms with van der Waals surface area (Å²) in [5.74, 6) is -5.55. The SMILES string of the molecule is Cc1cc2sc(N3C(=O)[C@@H]4C5C=CC([C@H]4C3=O)[C@@H]3C(=O)N(c4nc6cc(Cl)c(C)cc6s4)C(=O)[C@H]53)nc2cc1Cl. The van der Waals surface area contributed by atoms with Crippen LogP contribution >= 0.6 is 45.9 Å². The lowest BCUT2D eigenvalue weighted by Crippen LogP contribution is -2.50. The van der Waals surface area contributed by atoms with Crippen molar-refractivity contribution in [3.8, 4) is 0 Å². The number of imide groups is 2. The van der Waals surface area contributed by atoms with Gasteiger partial charge in [0.05, 0.1) is 44.1 Å². The maximum Gasteiger partial charge on any atom is 0.240 e. The number of aryl methyl sites for hydroxylation is 2. The molecule has 2 aromatic heterocycles. The average Bonchev–Trinajstić information content (AvgIpc) is 3.64. The first-order chi connectivity index (χ1) is 19.1. The van der Waals surface area contributed by atoms with Gasteiger partial charge in [0.15, 0.2) is 10.3 Å². The molecule has 4 heterocycles. The first-order valence-corrected chi connectivity index (χ1v) is 15.1. The standard InChI is InChI=1S/C28H18Cl2N4O4S2/c1-9-5-17-15(7-13(9)29)31-27(39-17)33-23(35)19-11-3-4-12(20(19)24(33)36)22-21(11)25(37)34(26(22)38)28-32-16-8-14(30)10(2)6-18(16)40-28/h3-8,11-12,19-22H,1-2H3/t11?,12?,19-,20-,21-,22+/m1/s1. The Hall–Kier alpha value is -3.18. The van der Waals surface area contributed by atoms with Crippen LogP contribution in [0.25, 0.3) is 20.4 Å². The van der Waals surface area contributed by atoms with Crippen molar-refractivity contribution in [1.29, 1.82) is 0 Å². The summed E-state index contributed by atoms with van der Waals surface area (Å²) in [5.41, 5.74) is 2.97. The van der Waals surface area contributed by atoms with Crippen molar-refractivity contribution >= 4 is 100 Å². The molecule has 12 heteroatoms. The van der Waals surface area contributed by atoms with E-state index in [0.717, 1.165) is 30.3 Å². The highest BCUT2D eigenvalue weighted by atomic mass is 35.5. The van der Waals surface area contributed by atoms with Crippen LogP contribution in [0, 0.1) is 49.4 Å². The highest BCUT2D eigenvalue weighted by Gasteiger charge is 2.69. The van der Waals surface area contributed by atoms with Crippen molar-refractivity contribution in [1.82, 2.24) is 9.97 Å². The number of hydrogen-bond acceptors (Lipinski definition) is 8. The van der Waals surface area contributed by atoms with Crippen LogP contribution in [0.5, 0.6) is 0 Å². The van der Waals surface area contributed by atoms with Crippen LogP contribution in [0.4, 0.5) is 10.3 Å². The van der Waals surface area contributed by atoms with E-state index in [4.69, 9.17) is 23.2 Å². The van der Waals surface area contributed by atoms with Crippen molar-refractivity contribution in [2.75, 3.05) is 9.80 Å². The van der Waals surface area contributed by atoms with Gasteiger partial charge in [0, 0.05) is 21.9 Å². The minimum atomic E-state index is -0.727. The monoisotopic (exact) mass is 608 g/mol. The van der Waals surface area contributed by atoms with Gasteiger partial charge in [-0.1, -0.05) is 58.0 Å². The number of aromatic nitrogens is 2. The maximum absolute atomic E-state index is 13.8. The van der Waals surface area contributed by atoms with Crippen LogP contribution in [0.1, 0.15) is 11.1 Å². The van der Waals surface area contributed by atoms with Gasteiger partial charge in [0.1, 0.15) is 0 Å². The largest absolute Gasteiger partial charge is 0.274 e. The Morgan fingerprint density at radius 3 is 1.32 bits per heavy atom. The zero-order valence-corrected chi connectivity index (χ0v) is 24.1. The molecule has 3 fully saturated rings. The molecule has 0 radical (unpaired) electrons. The third kappa shape index (κ3) is 3.07. The number of nitrogens with zero attached hydrogens (tertiary/aromatic N) is 4. The summed E-state index contributed by atoms with van der Waals surface area (Å²) >= 11 is 15.0.